The molecule has 1 aromatic carbocycles. The molecule has 0 heterocycles. The third kappa shape index (κ3) is 4.96. The number of rotatable bonds is 7. The van der Waals surface area contributed by atoms with Crippen LogP contribution in [0.25, 0.3) is 0 Å². The molecule has 0 radical (unpaired) electrons. The molecule has 3 nitrogen and oxygen atoms in total. The van der Waals surface area contributed by atoms with Crippen LogP contribution in [0.3, 0.4) is 0 Å². The average Bonchev–Trinajstić information content (AvgIpc) is 2.29. The normalized spacial score (nSPS) is 13.5. The summed E-state index contributed by atoms with van der Waals surface area (Å²) in [7, 11) is -2.94. The van der Waals surface area contributed by atoms with Crippen molar-refractivity contribution in [2.24, 2.45) is 5.73 Å². The zero-order chi connectivity index (χ0) is 13.6. The zero-order valence-electron chi connectivity index (χ0n) is 10.6. The molecule has 0 aromatic heterocycles. The summed E-state index contributed by atoms with van der Waals surface area (Å²) < 4.78 is 23.4. The van der Waals surface area contributed by atoms with Gasteiger partial charge in [-0.05, 0) is 43.0 Å². The number of benzene rings is 1. The van der Waals surface area contributed by atoms with Crippen LogP contribution < -0.4 is 5.73 Å². The minimum atomic E-state index is -2.94. The first-order chi connectivity index (χ1) is 8.48. The third-order valence-electron chi connectivity index (χ3n) is 2.90. The summed E-state index contributed by atoms with van der Waals surface area (Å²) in [6.07, 6.45) is 1.21. The van der Waals surface area contributed by atoms with Crippen molar-refractivity contribution in [3.8, 4) is 0 Å². The maximum absolute atomic E-state index is 11.7. The molecular weight excluding hydrogens is 270 g/mol. The fraction of sp³-hybridized carbons (Fsp3) is 0.538. The van der Waals surface area contributed by atoms with Gasteiger partial charge in [-0.25, -0.2) is 8.42 Å². The molecular formula is C13H20ClNO2S. The molecule has 0 aliphatic rings. The Balaban J connectivity index is 2.69. The SMILES string of the molecule is CCCS(=O)(=O)CCC(CN)c1cccc(Cl)c1. The van der Waals surface area contributed by atoms with Gasteiger partial charge in [0.25, 0.3) is 0 Å². The minimum Gasteiger partial charge on any atom is -0.330 e. The Morgan fingerprint density at radius 1 is 1.33 bits per heavy atom. The van der Waals surface area contributed by atoms with Crippen LogP contribution in [0.4, 0.5) is 0 Å². The summed E-state index contributed by atoms with van der Waals surface area (Å²) in [6.45, 7) is 2.30. The molecule has 0 aliphatic heterocycles. The zero-order valence-corrected chi connectivity index (χ0v) is 12.2. The fourth-order valence-electron chi connectivity index (χ4n) is 1.92. The highest BCUT2D eigenvalue weighted by Crippen LogP contribution is 2.22. The maximum Gasteiger partial charge on any atom is 0.150 e. The molecule has 0 fully saturated rings. The number of nitrogens with two attached hydrogens (primary N) is 1. The number of halogens is 1. The summed E-state index contributed by atoms with van der Waals surface area (Å²) in [5, 5.41) is 0.655. The van der Waals surface area contributed by atoms with E-state index in [4.69, 9.17) is 17.3 Å². The van der Waals surface area contributed by atoms with Crippen LogP contribution in [-0.2, 0) is 9.84 Å². The van der Waals surface area contributed by atoms with Gasteiger partial charge < -0.3 is 5.73 Å². The van der Waals surface area contributed by atoms with Crippen molar-refractivity contribution in [3.63, 3.8) is 0 Å². The Labute approximate surface area is 114 Å². The summed E-state index contributed by atoms with van der Waals surface area (Å²) in [6, 6.07) is 7.45. The van der Waals surface area contributed by atoms with Crippen LogP contribution in [0, 0.1) is 0 Å². The molecule has 5 heteroatoms. The van der Waals surface area contributed by atoms with Crippen molar-refractivity contribution in [1.29, 1.82) is 0 Å². The number of sulfone groups is 1. The molecule has 0 aliphatic carbocycles. The van der Waals surface area contributed by atoms with Crippen LogP contribution >= 0.6 is 11.6 Å². The monoisotopic (exact) mass is 289 g/mol. The summed E-state index contributed by atoms with van der Waals surface area (Å²) >= 11 is 5.93. The molecule has 18 heavy (non-hydrogen) atoms. The van der Waals surface area contributed by atoms with Crippen molar-refractivity contribution >= 4 is 21.4 Å². The van der Waals surface area contributed by atoms with Crippen molar-refractivity contribution in [2.75, 3.05) is 18.1 Å². The summed E-state index contributed by atoms with van der Waals surface area (Å²) in [4.78, 5) is 0. The van der Waals surface area contributed by atoms with Gasteiger partial charge in [0, 0.05) is 10.8 Å². The van der Waals surface area contributed by atoms with Crippen molar-refractivity contribution in [1.82, 2.24) is 0 Å². The largest absolute Gasteiger partial charge is 0.330 e. The molecule has 102 valence electrons. The highest BCUT2D eigenvalue weighted by Gasteiger charge is 2.15. The molecule has 0 spiro atoms. The van der Waals surface area contributed by atoms with Gasteiger partial charge >= 0.3 is 0 Å². The van der Waals surface area contributed by atoms with Crippen molar-refractivity contribution in [3.05, 3.63) is 34.9 Å². The number of hydrogen-bond donors (Lipinski definition) is 1. The molecule has 0 bridgehead atoms. The van der Waals surface area contributed by atoms with E-state index in [0.717, 1.165) is 5.56 Å². The first-order valence-electron chi connectivity index (χ1n) is 6.14. The van der Waals surface area contributed by atoms with Gasteiger partial charge in [-0.1, -0.05) is 30.7 Å². The topological polar surface area (TPSA) is 60.2 Å². The van der Waals surface area contributed by atoms with Crippen LogP contribution in [-0.4, -0.2) is 26.5 Å². The standard InChI is InChI=1S/C13H20ClNO2S/c1-2-7-18(16,17)8-6-12(10-15)11-4-3-5-13(14)9-11/h3-5,9,12H,2,6-8,10,15H2,1H3. The molecule has 1 unspecified atom stereocenters. The minimum absolute atomic E-state index is 0.0512. The highest BCUT2D eigenvalue weighted by atomic mass is 35.5. The van der Waals surface area contributed by atoms with E-state index in [0.29, 0.717) is 24.4 Å². The van der Waals surface area contributed by atoms with Gasteiger partial charge in [0.1, 0.15) is 9.84 Å². The summed E-state index contributed by atoms with van der Waals surface area (Å²) in [5.74, 6) is 0.491. The Bertz CT molecular complexity index is 474. The van der Waals surface area contributed by atoms with E-state index in [1.807, 2.05) is 25.1 Å². The van der Waals surface area contributed by atoms with Crippen LogP contribution in [0.5, 0.6) is 0 Å². The second-order valence-electron chi connectivity index (χ2n) is 4.43. The lowest BCUT2D eigenvalue weighted by atomic mass is 9.97. The van der Waals surface area contributed by atoms with Crippen LogP contribution in [0.1, 0.15) is 31.2 Å². The first kappa shape index (κ1) is 15.5. The Hall–Kier alpha value is -0.580. The Morgan fingerprint density at radius 3 is 2.61 bits per heavy atom. The van der Waals surface area contributed by atoms with E-state index in [2.05, 4.69) is 0 Å². The van der Waals surface area contributed by atoms with Gasteiger partial charge in [-0.3, -0.25) is 0 Å². The van der Waals surface area contributed by atoms with E-state index in [9.17, 15) is 8.42 Å². The predicted octanol–water partition coefficient (Wildman–Crippen LogP) is 2.60. The fourth-order valence-corrected chi connectivity index (χ4v) is 3.58. The smallest absolute Gasteiger partial charge is 0.150 e. The lowest BCUT2D eigenvalue weighted by Crippen LogP contribution is -2.18. The van der Waals surface area contributed by atoms with E-state index in [-0.39, 0.29) is 17.4 Å². The second kappa shape index (κ2) is 7.12. The number of hydrogen-bond acceptors (Lipinski definition) is 3. The maximum atomic E-state index is 11.7. The Morgan fingerprint density at radius 2 is 2.06 bits per heavy atom. The molecule has 1 rings (SSSR count). The Kier molecular flexibility index (Phi) is 6.12. The molecule has 0 amide bonds. The highest BCUT2D eigenvalue weighted by molar-refractivity contribution is 7.91. The van der Waals surface area contributed by atoms with Crippen molar-refractivity contribution in [2.45, 2.75) is 25.7 Å². The second-order valence-corrected chi connectivity index (χ2v) is 7.17. The quantitative estimate of drug-likeness (QED) is 0.839. The average molecular weight is 290 g/mol. The summed E-state index contributed by atoms with van der Waals surface area (Å²) in [5.41, 5.74) is 6.73. The lowest BCUT2D eigenvalue weighted by molar-refractivity contribution is 0.583. The van der Waals surface area contributed by atoms with Crippen LogP contribution in [0.15, 0.2) is 24.3 Å². The van der Waals surface area contributed by atoms with E-state index in [1.165, 1.54) is 0 Å². The molecule has 1 atom stereocenters. The molecule has 1 aromatic rings. The van der Waals surface area contributed by atoms with Gasteiger partial charge in [0.15, 0.2) is 0 Å². The van der Waals surface area contributed by atoms with Gasteiger partial charge in [-0.15, -0.1) is 0 Å². The van der Waals surface area contributed by atoms with Crippen molar-refractivity contribution < 1.29 is 8.42 Å². The van der Waals surface area contributed by atoms with E-state index >= 15 is 0 Å². The lowest BCUT2D eigenvalue weighted by Gasteiger charge is -2.15. The van der Waals surface area contributed by atoms with Gasteiger partial charge in [0.2, 0.25) is 0 Å². The first-order valence-corrected chi connectivity index (χ1v) is 8.34. The van der Waals surface area contributed by atoms with Gasteiger partial charge in [-0.2, -0.15) is 0 Å². The third-order valence-corrected chi connectivity index (χ3v) is 5.02. The van der Waals surface area contributed by atoms with E-state index in [1.54, 1.807) is 6.07 Å². The molecule has 0 saturated carbocycles. The molecule has 0 saturated heterocycles. The van der Waals surface area contributed by atoms with E-state index < -0.39 is 9.84 Å². The molecule has 2 N–H and O–H groups in total. The van der Waals surface area contributed by atoms with Gasteiger partial charge in [0.05, 0.1) is 5.75 Å². The predicted molar refractivity (Wildman–Crippen MR) is 76.8 cm³/mol. The van der Waals surface area contributed by atoms with Crippen LogP contribution in [0.2, 0.25) is 5.02 Å².